The summed E-state index contributed by atoms with van der Waals surface area (Å²) in [5.74, 6) is 0.935. The van der Waals surface area contributed by atoms with Gasteiger partial charge >= 0.3 is 0 Å². The number of primary amides is 1. The fourth-order valence-corrected chi connectivity index (χ4v) is 5.40. The number of anilines is 1. The van der Waals surface area contributed by atoms with Gasteiger partial charge in [-0.1, -0.05) is 12.1 Å². The van der Waals surface area contributed by atoms with Crippen LogP contribution in [0.4, 0.5) is 5.69 Å². The second-order valence-corrected chi connectivity index (χ2v) is 9.84. The van der Waals surface area contributed by atoms with E-state index in [1.54, 1.807) is 14.2 Å². The molecule has 2 N–H and O–H groups in total. The first kappa shape index (κ1) is 25.8. The summed E-state index contributed by atoms with van der Waals surface area (Å²) in [4.78, 5) is 32.0. The van der Waals surface area contributed by atoms with Crippen LogP contribution < -0.4 is 20.1 Å². The molecule has 2 amide bonds. The third-order valence-corrected chi connectivity index (χ3v) is 7.43. The molecule has 8 nitrogen and oxygen atoms in total. The monoisotopic (exact) mass is 494 g/mol. The van der Waals surface area contributed by atoms with Gasteiger partial charge in [0.1, 0.15) is 0 Å². The topological polar surface area (TPSA) is 88.3 Å². The largest absolute Gasteiger partial charge is 0.493 e. The minimum Gasteiger partial charge on any atom is -0.493 e. The van der Waals surface area contributed by atoms with Crippen molar-refractivity contribution in [1.82, 2.24) is 9.80 Å². The average molecular weight is 495 g/mol. The molecule has 4 rings (SSSR count). The van der Waals surface area contributed by atoms with Crippen LogP contribution in [-0.2, 0) is 11.3 Å². The fraction of sp³-hybridized carbons (Fsp3) is 0.500. The van der Waals surface area contributed by atoms with E-state index in [2.05, 4.69) is 29.7 Å². The molecule has 0 unspecified atom stereocenters. The van der Waals surface area contributed by atoms with Crippen LogP contribution in [0.5, 0.6) is 11.5 Å². The molecule has 2 aromatic carbocycles. The maximum absolute atomic E-state index is 13.7. The zero-order valence-electron chi connectivity index (χ0n) is 21.8. The lowest BCUT2D eigenvalue weighted by Gasteiger charge is -2.38. The molecular weight excluding hydrogens is 456 g/mol. The maximum Gasteiger partial charge on any atom is 0.255 e. The molecule has 1 atom stereocenters. The molecule has 2 heterocycles. The van der Waals surface area contributed by atoms with Crippen molar-refractivity contribution in [3.05, 3.63) is 53.1 Å². The number of methoxy groups -OCH3 is 2. The van der Waals surface area contributed by atoms with Gasteiger partial charge in [-0.15, -0.1) is 0 Å². The number of rotatable bonds is 10. The highest BCUT2D eigenvalue weighted by atomic mass is 16.5. The summed E-state index contributed by atoms with van der Waals surface area (Å²) in [6, 6.07) is 12.1. The number of carbonyl (C=O) groups is 2. The number of fused-ring (bicyclic) bond motifs is 1. The van der Waals surface area contributed by atoms with Gasteiger partial charge in [0, 0.05) is 62.0 Å². The van der Waals surface area contributed by atoms with Crippen LogP contribution in [0.25, 0.3) is 0 Å². The molecule has 0 bridgehead atoms. The molecule has 0 radical (unpaired) electrons. The van der Waals surface area contributed by atoms with E-state index in [-0.39, 0.29) is 24.3 Å². The number of ether oxygens (including phenoxy) is 2. The van der Waals surface area contributed by atoms with Crippen molar-refractivity contribution in [2.24, 2.45) is 5.73 Å². The second kappa shape index (κ2) is 11.2. The summed E-state index contributed by atoms with van der Waals surface area (Å²) in [7, 11) is 3.21. The molecule has 2 aromatic rings. The first-order valence-electron chi connectivity index (χ1n) is 12.8. The lowest BCUT2D eigenvalue weighted by molar-refractivity contribution is -0.118. The zero-order valence-corrected chi connectivity index (χ0v) is 21.8. The summed E-state index contributed by atoms with van der Waals surface area (Å²) >= 11 is 0. The van der Waals surface area contributed by atoms with Crippen molar-refractivity contribution in [1.29, 1.82) is 0 Å². The zero-order chi connectivity index (χ0) is 25.8. The molecule has 0 saturated carbocycles. The Bertz CT molecular complexity index is 1090. The molecule has 194 valence electrons. The van der Waals surface area contributed by atoms with E-state index >= 15 is 0 Å². The van der Waals surface area contributed by atoms with Crippen LogP contribution in [0.1, 0.15) is 60.6 Å². The van der Waals surface area contributed by atoms with Gasteiger partial charge in [-0.05, 0) is 56.5 Å². The van der Waals surface area contributed by atoms with Gasteiger partial charge in [-0.2, -0.15) is 0 Å². The summed E-state index contributed by atoms with van der Waals surface area (Å²) in [6.07, 6.45) is 1.50. The summed E-state index contributed by atoms with van der Waals surface area (Å²) < 4.78 is 10.9. The maximum atomic E-state index is 13.7. The predicted octanol–water partition coefficient (Wildman–Crippen LogP) is 3.59. The summed E-state index contributed by atoms with van der Waals surface area (Å²) in [6.45, 7) is 8.92. The molecular formula is C28H38N4O4. The SMILES string of the molecule is COc1ccc([C@@H](CCCC(N)=O)N2Cc3c(cccc3N3CCN(C(C)C)CC3)C2=O)cc1OC. The molecule has 8 heteroatoms. The van der Waals surface area contributed by atoms with Gasteiger partial charge < -0.3 is 25.0 Å². The van der Waals surface area contributed by atoms with E-state index in [9.17, 15) is 9.59 Å². The van der Waals surface area contributed by atoms with Gasteiger partial charge in [0.05, 0.1) is 20.3 Å². The van der Waals surface area contributed by atoms with Crippen LogP contribution in [0, 0.1) is 0 Å². The lowest BCUT2D eigenvalue weighted by Crippen LogP contribution is -2.49. The van der Waals surface area contributed by atoms with E-state index in [1.807, 2.05) is 35.2 Å². The number of hydrogen-bond acceptors (Lipinski definition) is 6. The Hall–Kier alpha value is -3.26. The van der Waals surface area contributed by atoms with Crippen LogP contribution in [0.15, 0.2) is 36.4 Å². The number of nitrogens with zero attached hydrogens (tertiary/aromatic N) is 3. The number of piperazine rings is 1. The number of hydrogen-bond donors (Lipinski definition) is 1. The molecule has 36 heavy (non-hydrogen) atoms. The van der Waals surface area contributed by atoms with E-state index in [0.717, 1.165) is 48.6 Å². The van der Waals surface area contributed by atoms with Crippen LogP contribution in [-0.4, -0.2) is 68.1 Å². The minimum atomic E-state index is -0.333. The molecule has 1 fully saturated rings. The highest BCUT2D eigenvalue weighted by Gasteiger charge is 2.36. The quantitative estimate of drug-likeness (QED) is 0.543. The molecule has 1 saturated heterocycles. The third kappa shape index (κ3) is 5.28. The molecule has 0 spiro atoms. The van der Waals surface area contributed by atoms with E-state index in [0.29, 0.717) is 36.9 Å². The Kier molecular flexibility index (Phi) is 8.04. The van der Waals surface area contributed by atoms with Crippen molar-refractivity contribution >= 4 is 17.5 Å². The standard InChI is InChI=1S/C28H38N4O4/c1-19(2)30-13-15-31(16-14-30)24-9-5-7-21-22(24)18-32(28(21)34)23(8-6-10-27(29)33)20-11-12-25(35-3)26(17-20)36-4/h5,7,9,11-12,17,19,23H,6,8,10,13-16,18H2,1-4H3,(H2,29,33)/t23-/m1/s1. The Morgan fingerprint density at radius 1 is 1.03 bits per heavy atom. The lowest BCUT2D eigenvalue weighted by atomic mass is 9.98. The Balaban J connectivity index is 1.62. The third-order valence-electron chi connectivity index (χ3n) is 7.43. The van der Waals surface area contributed by atoms with Crippen LogP contribution in [0.3, 0.4) is 0 Å². The smallest absolute Gasteiger partial charge is 0.255 e. The van der Waals surface area contributed by atoms with Crippen LogP contribution in [0.2, 0.25) is 0 Å². The van der Waals surface area contributed by atoms with Gasteiger partial charge in [0.2, 0.25) is 5.91 Å². The van der Waals surface area contributed by atoms with Gasteiger partial charge in [0.15, 0.2) is 11.5 Å². The minimum absolute atomic E-state index is 0.0199. The first-order chi connectivity index (χ1) is 17.3. The highest BCUT2D eigenvalue weighted by Crippen LogP contribution is 2.40. The summed E-state index contributed by atoms with van der Waals surface area (Å²) in [5.41, 5.74) is 9.36. The van der Waals surface area contributed by atoms with Crippen LogP contribution >= 0.6 is 0 Å². The average Bonchev–Trinajstić information content (AvgIpc) is 3.22. The number of nitrogens with two attached hydrogens (primary N) is 1. The van der Waals surface area contributed by atoms with Crippen molar-refractivity contribution in [2.45, 2.75) is 51.7 Å². The van der Waals surface area contributed by atoms with E-state index in [4.69, 9.17) is 15.2 Å². The fourth-order valence-electron chi connectivity index (χ4n) is 5.40. The van der Waals surface area contributed by atoms with Crippen molar-refractivity contribution < 1.29 is 19.1 Å². The molecule has 2 aliphatic rings. The van der Waals surface area contributed by atoms with Gasteiger partial charge in [-0.25, -0.2) is 0 Å². The van der Waals surface area contributed by atoms with E-state index < -0.39 is 0 Å². The van der Waals surface area contributed by atoms with Crippen molar-refractivity contribution in [2.75, 3.05) is 45.3 Å². The number of amides is 2. The highest BCUT2D eigenvalue weighted by molar-refractivity contribution is 6.00. The van der Waals surface area contributed by atoms with Gasteiger partial charge in [0.25, 0.3) is 5.91 Å². The van der Waals surface area contributed by atoms with Crippen molar-refractivity contribution in [3.63, 3.8) is 0 Å². The molecule has 0 aliphatic carbocycles. The Morgan fingerprint density at radius 2 is 1.75 bits per heavy atom. The number of benzene rings is 2. The van der Waals surface area contributed by atoms with E-state index in [1.165, 1.54) is 0 Å². The first-order valence-corrected chi connectivity index (χ1v) is 12.8. The Morgan fingerprint density at radius 3 is 2.39 bits per heavy atom. The normalized spacial score (nSPS) is 16.9. The van der Waals surface area contributed by atoms with Gasteiger partial charge in [-0.3, -0.25) is 14.5 Å². The van der Waals surface area contributed by atoms with Crippen molar-refractivity contribution in [3.8, 4) is 11.5 Å². The summed E-state index contributed by atoms with van der Waals surface area (Å²) in [5, 5.41) is 0. The Labute approximate surface area is 213 Å². The number of carbonyl (C=O) groups excluding carboxylic acids is 2. The molecule has 2 aliphatic heterocycles. The second-order valence-electron chi connectivity index (χ2n) is 9.84. The predicted molar refractivity (Wildman–Crippen MR) is 141 cm³/mol. The molecule has 0 aromatic heterocycles.